The zero-order valence-electron chi connectivity index (χ0n) is 11.3. The molecule has 8 nitrogen and oxygen atoms in total. The van der Waals surface area contributed by atoms with Gasteiger partial charge in [0.05, 0.1) is 25.0 Å². The van der Waals surface area contributed by atoms with Crippen molar-refractivity contribution >= 4 is 11.9 Å². The van der Waals surface area contributed by atoms with Crippen LogP contribution in [-0.4, -0.2) is 69.5 Å². The molecule has 1 aliphatic rings. The molecule has 4 N–H and O–H groups in total. The Hall–Kier alpha value is -1.22. The molecular formula is C12H20O8. The molecule has 0 saturated carbocycles. The van der Waals surface area contributed by atoms with E-state index in [4.69, 9.17) is 14.6 Å². The first-order valence-electron chi connectivity index (χ1n) is 6.33. The minimum atomic E-state index is -1.56. The van der Waals surface area contributed by atoms with Crippen molar-refractivity contribution in [2.75, 3.05) is 6.61 Å². The second-order valence-corrected chi connectivity index (χ2v) is 4.94. The van der Waals surface area contributed by atoms with Gasteiger partial charge in [-0.15, -0.1) is 0 Å². The molecule has 0 aromatic carbocycles. The lowest BCUT2D eigenvalue weighted by Crippen LogP contribution is -2.55. The molecule has 1 rings (SSSR count). The molecule has 1 saturated heterocycles. The summed E-state index contributed by atoms with van der Waals surface area (Å²) >= 11 is 0. The molecule has 6 unspecified atom stereocenters. The first kappa shape index (κ1) is 16.8. The molecule has 20 heavy (non-hydrogen) atoms. The molecule has 8 heteroatoms. The highest BCUT2D eigenvalue weighted by molar-refractivity contribution is 5.80. The Morgan fingerprint density at radius 1 is 1.20 bits per heavy atom. The van der Waals surface area contributed by atoms with Crippen LogP contribution >= 0.6 is 0 Å². The molecule has 0 spiro atoms. The van der Waals surface area contributed by atoms with Crippen LogP contribution in [0.1, 0.15) is 20.3 Å². The molecule has 1 heterocycles. The van der Waals surface area contributed by atoms with E-state index in [1.54, 1.807) is 0 Å². The van der Waals surface area contributed by atoms with Crippen molar-refractivity contribution in [3.05, 3.63) is 0 Å². The van der Waals surface area contributed by atoms with Gasteiger partial charge >= 0.3 is 11.9 Å². The summed E-state index contributed by atoms with van der Waals surface area (Å²) < 4.78 is 9.96. The summed E-state index contributed by atoms with van der Waals surface area (Å²) in [5, 5.41) is 37.9. The number of ether oxygens (including phenoxy) is 2. The van der Waals surface area contributed by atoms with Crippen LogP contribution in [0.25, 0.3) is 0 Å². The fourth-order valence-corrected chi connectivity index (χ4v) is 1.86. The summed E-state index contributed by atoms with van der Waals surface area (Å²) in [6.45, 7) is 1.95. The Bertz CT molecular complexity index is 355. The van der Waals surface area contributed by atoms with E-state index in [9.17, 15) is 24.9 Å². The van der Waals surface area contributed by atoms with E-state index in [1.165, 1.54) is 13.8 Å². The quantitative estimate of drug-likeness (QED) is 0.435. The Balaban J connectivity index is 3.05. The molecule has 0 aromatic heterocycles. The molecule has 116 valence electrons. The van der Waals surface area contributed by atoms with Crippen LogP contribution in [0.15, 0.2) is 0 Å². The van der Waals surface area contributed by atoms with Gasteiger partial charge in [-0.25, -0.2) is 0 Å². The number of hydrogen-bond acceptors (Lipinski definition) is 8. The van der Waals surface area contributed by atoms with Gasteiger partial charge < -0.3 is 29.9 Å². The van der Waals surface area contributed by atoms with Crippen molar-refractivity contribution in [3.8, 4) is 0 Å². The van der Waals surface area contributed by atoms with Gasteiger partial charge in [0, 0.05) is 0 Å². The average Bonchev–Trinajstić information content (AvgIpc) is 2.39. The number of rotatable bonds is 4. The minimum Gasteiger partial charge on any atom is -0.455 e. The maximum atomic E-state index is 11.7. The van der Waals surface area contributed by atoms with Gasteiger partial charge in [0.15, 0.2) is 12.2 Å². The molecular weight excluding hydrogens is 272 g/mol. The molecule has 0 radical (unpaired) electrons. The SMILES string of the molecule is CC1CC(=O)OC(C(O)C(C)O)C(C(O)CO)OC1=O. The highest BCUT2D eigenvalue weighted by atomic mass is 16.6. The maximum Gasteiger partial charge on any atom is 0.309 e. The second kappa shape index (κ2) is 6.98. The number of aliphatic hydroxyl groups is 4. The van der Waals surface area contributed by atoms with Crippen LogP contribution < -0.4 is 0 Å². The summed E-state index contributed by atoms with van der Waals surface area (Å²) in [5.74, 6) is -2.27. The van der Waals surface area contributed by atoms with E-state index in [0.717, 1.165) is 0 Å². The third-order valence-electron chi connectivity index (χ3n) is 3.12. The number of hydrogen-bond donors (Lipinski definition) is 4. The first-order valence-corrected chi connectivity index (χ1v) is 6.33. The number of carbonyl (C=O) groups is 2. The zero-order chi connectivity index (χ0) is 15.4. The Morgan fingerprint density at radius 3 is 2.30 bits per heavy atom. The average molecular weight is 292 g/mol. The van der Waals surface area contributed by atoms with Crippen LogP contribution in [0.3, 0.4) is 0 Å². The predicted molar refractivity (Wildman–Crippen MR) is 64.3 cm³/mol. The van der Waals surface area contributed by atoms with E-state index in [0.29, 0.717) is 0 Å². The summed E-state index contributed by atoms with van der Waals surface area (Å²) in [6.07, 6.45) is -7.53. The lowest BCUT2D eigenvalue weighted by molar-refractivity contribution is -0.206. The topological polar surface area (TPSA) is 134 Å². The number of carbonyl (C=O) groups excluding carboxylic acids is 2. The van der Waals surface area contributed by atoms with Crippen molar-refractivity contribution in [3.63, 3.8) is 0 Å². The smallest absolute Gasteiger partial charge is 0.309 e. The third-order valence-corrected chi connectivity index (χ3v) is 3.12. The summed E-state index contributed by atoms with van der Waals surface area (Å²) in [7, 11) is 0. The van der Waals surface area contributed by atoms with Gasteiger partial charge in [-0.1, -0.05) is 6.92 Å². The largest absolute Gasteiger partial charge is 0.455 e. The molecule has 0 aromatic rings. The lowest BCUT2D eigenvalue weighted by atomic mass is 9.98. The number of aliphatic hydroxyl groups excluding tert-OH is 4. The van der Waals surface area contributed by atoms with Gasteiger partial charge in [0.25, 0.3) is 0 Å². The van der Waals surface area contributed by atoms with Gasteiger partial charge in [0.1, 0.15) is 12.2 Å². The van der Waals surface area contributed by atoms with Gasteiger partial charge in [-0.3, -0.25) is 9.59 Å². The van der Waals surface area contributed by atoms with Crippen molar-refractivity contribution in [2.45, 2.75) is 50.8 Å². The van der Waals surface area contributed by atoms with E-state index in [-0.39, 0.29) is 6.42 Å². The Morgan fingerprint density at radius 2 is 1.80 bits per heavy atom. The van der Waals surface area contributed by atoms with E-state index >= 15 is 0 Å². The summed E-state index contributed by atoms with van der Waals surface area (Å²) in [6, 6.07) is 0. The van der Waals surface area contributed by atoms with Crippen LogP contribution in [0.2, 0.25) is 0 Å². The fourth-order valence-electron chi connectivity index (χ4n) is 1.86. The van der Waals surface area contributed by atoms with Crippen molar-refractivity contribution in [1.29, 1.82) is 0 Å². The predicted octanol–water partition coefficient (Wildman–Crippen LogP) is -2.06. The molecule has 0 amide bonds. The van der Waals surface area contributed by atoms with Crippen LogP contribution in [0.5, 0.6) is 0 Å². The fraction of sp³-hybridized carbons (Fsp3) is 0.833. The van der Waals surface area contributed by atoms with Crippen molar-refractivity contribution in [2.24, 2.45) is 5.92 Å². The van der Waals surface area contributed by atoms with E-state index in [1.807, 2.05) is 0 Å². The zero-order valence-corrected chi connectivity index (χ0v) is 11.3. The lowest BCUT2D eigenvalue weighted by Gasteiger charge is -2.35. The summed E-state index contributed by atoms with van der Waals surface area (Å²) in [5.41, 5.74) is 0. The van der Waals surface area contributed by atoms with Gasteiger partial charge in [-0.2, -0.15) is 0 Å². The minimum absolute atomic E-state index is 0.232. The van der Waals surface area contributed by atoms with E-state index in [2.05, 4.69) is 0 Å². The Labute approximate surface area is 115 Å². The van der Waals surface area contributed by atoms with Gasteiger partial charge in [-0.05, 0) is 6.92 Å². The Kier molecular flexibility index (Phi) is 5.88. The van der Waals surface area contributed by atoms with Crippen LogP contribution in [0.4, 0.5) is 0 Å². The van der Waals surface area contributed by atoms with E-state index < -0.39 is 55.0 Å². The normalized spacial score (nSPS) is 32.4. The highest BCUT2D eigenvalue weighted by Gasteiger charge is 2.43. The number of esters is 2. The molecule has 6 atom stereocenters. The highest BCUT2D eigenvalue weighted by Crippen LogP contribution is 2.22. The second-order valence-electron chi connectivity index (χ2n) is 4.94. The molecule has 0 aliphatic carbocycles. The number of cyclic esters (lactones) is 2. The maximum absolute atomic E-state index is 11.7. The molecule has 0 bridgehead atoms. The summed E-state index contributed by atoms with van der Waals surface area (Å²) in [4.78, 5) is 23.3. The molecule has 1 aliphatic heterocycles. The monoisotopic (exact) mass is 292 g/mol. The van der Waals surface area contributed by atoms with Crippen LogP contribution in [-0.2, 0) is 19.1 Å². The van der Waals surface area contributed by atoms with Crippen molar-refractivity contribution in [1.82, 2.24) is 0 Å². The van der Waals surface area contributed by atoms with Crippen molar-refractivity contribution < 1.29 is 39.5 Å². The third kappa shape index (κ3) is 3.89. The first-order chi connectivity index (χ1) is 9.27. The van der Waals surface area contributed by atoms with Gasteiger partial charge in [0.2, 0.25) is 0 Å². The van der Waals surface area contributed by atoms with Crippen LogP contribution in [0, 0.1) is 5.92 Å². The standard InChI is InChI=1S/C12H20O8/c1-5-3-8(16)19-11(9(17)6(2)14)10(7(15)4-13)20-12(5)18/h5-7,9-11,13-15,17H,3-4H2,1-2H3. The molecule has 1 fully saturated rings.